The number of hydrogen-bond acceptors (Lipinski definition) is 6. The second kappa shape index (κ2) is 5.22. The zero-order chi connectivity index (χ0) is 12.2. The van der Waals surface area contributed by atoms with E-state index < -0.39 is 0 Å². The van der Waals surface area contributed by atoms with Gasteiger partial charge in [0.2, 0.25) is 0 Å². The molecule has 18 heavy (non-hydrogen) atoms. The van der Waals surface area contributed by atoms with Crippen LogP contribution in [0.15, 0.2) is 23.6 Å². The van der Waals surface area contributed by atoms with E-state index in [1.54, 1.807) is 0 Å². The number of fused-ring (bicyclic) bond motifs is 1. The number of nitrogens with one attached hydrogen (secondary N) is 1. The highest BCUT2D eigenvalue weighted by atomic mass is 32.1. The van der Waals surface area contributed by atoms with Gasteiger partial charge in [-0.15, -0.1) is 5.10 Å². The Morgan fingerprint density at radius 1 is 1.22 bits per heavy atom. The van der Waals surface area contributed by atoms with Gasteiger partial charge in [0.15, 0.2) is 11.5 Å². The molecular formula is C12H13N3O2S. The smallest absolute Gasteiger partial charge is 0.163 e. The van der Waals surface area contributed by atoms with E-state index in [2.05, 4.69) is 14.9 Å². The minimum Gasteiger partial charge on any atom is -0.490 e. The highest BCUT2D eigenvalue weighted by Crippen LogP contribution is 2.32. The van der Waals surface area contributed by atoms with Crippen LogP contribution >= 0.6 is 11.5 Å². The maximum atomic E-state index is 5.64. The fraction of sp³-hybridized carbons (Fsp3) is 0.333. The molecule has 1 aromatic carbocycles. The number of anilines is 1. The van der Waals surface area contributed by atoms with Crippen LogP contribution in [0.4, 0.5) is 5.69 Å². The van der Waals surface area contributed by atoms with Gasteiger partial charge in [-0.05, 0) is 23.7 Å². The molecule has 0 saturated heterocycles. The zero-order valence-corrected chi connectivity index (χ0v) is 10.6. The molecule has 1 aliphatic rings. The van der Waals surface area contributed by atoms with E-state index >= 15 is 0 Å². The third-order valence-corrected chi connectivity index (χ3v) is 3.18. The van der Waals surface area contributed by atoms with E-state index in [-0.39, 0.29) is 0 Å². The van der Waals surface area contributed by atoms with E-state index in [4.69, 9.17) is 9.47 Å². The Labute approximate surface area is 109 Å². The van der Waals surface area contributed by atoms with Gasteiger partial charge in [-0.2, -0.15) is 0 Å². The van der Waals surface area contributed by atoms with Crippen LogP contribution in [0.3, 0.4) is 0 Å². The summed E-state index contributed by atoms with van der Waals surface area (Å²) in [5.41, 5.74) is 1.93. The van der Waals surface area contributed by atoms with Gasteiger partial charge >= 0.3 is 0 Å². The van der Waals surface area contributed by atoms with Crippen LogP contribution in [-0.2, 0) is 6.54 Å². The fourth-order valence-corrected chi connectivity index (χ4v) is 2.18. The molecule has 0 radical (unpaired) electrons. The molecule has 1 aliphatic heterocycles. The second-order valence-corrected chi connectivity index (χ2v) is 4.57. The lowest BCUT2D eigenvalue weighted by Gasteiger charge is -2.10. The Morgan fingerprint density at radius 2 is 2.11 bits per heavy atom. The van der Waals surface area contributed by atoms with Crippen LogP contribution in [0.1, 0.15) is 12.1 Å². The van der Waals surface area contributed by atoms with Gasteiger partial charge in [0.25, 0.3) is 0 Å². The number of aromatic nitrogens is 2. The van der Waals surface area contributed by atoms with Gasteiger partial charge in [0.05, 0.1) is 25.5 Å². The third kappa shape index (κ3) is 2.53. The van der Waals surface area contributed by atoms with Crippen molar-refractivity contribution in [3.05, 3.63) is 29.3 Å². The summed E-state index contributed by atoms with van der Waals surface area (Å²) in [5, 5.41) is 9.20. The molecule has 2 heterocycles. The Bertz CT molecular complexity index is 516. The van der Waals surface area contributed by atoms with Gasteiger partial charge in [0, 0.05) is 23.6 Å². The van der Waals surface area contributed by atoms with Crippen molar-refractivity contribution < 1.29 is 9.47 Å². The van der Waals surface area contributed by atoms with Crippen molar-refractivity contribution >= 4 is 17.2 Å². The van der Waals surface area contributed by atoms with E-state index in [0.29, 0.717) is 19.8 Å². The average molecular weight is 263 g/mol. The summed E-state index contributed by atoms with van der Waals surface area (Å²) < 4.78 is 15.0. The average Bonchev–Trinajstić information content (AvgIpc) is 2.80. The van der Waals surface area contributed by atoms with Crippen molar-refractivity contribution in [2.75, 3.05) is 18.5 Å². The van der Waals surface area contributed by atoms with Crippen molar-refractivity contribution in [2.45, 2.75) is 13.0 Å². The lowest BCUT2D eigenvalue weighted by Crippen LogP contribution is -2.00. The van der Waals surface area contributed by atoms with Crippen LogP contribution in [0.5, 0.6) is 11.5 Å². The Hall–Kier alpha value is -1.82. The van der Waals surface area contributed by atoms with Gasteiger partial charge in [-0.1, -0.05) is 4.49 Å². The monoisotopic (exact) mass is 263 g/mol. The molecule has 1 aromatic heterocycles. The number of ether oxygens (including phenoxy) is 2. The minimum absolute atomic E-state index is 0.663. The maximum Gasteiger partial charge on any atom is 0.163 e. The van der Waals surface area contributed by atoms with Crippen LogP contribution < -0.4 is 14.8 Å². The summed E-state index contributed by atoms with van der Waals surface area (Å²) in [4.78, 5) is 0. The molecule has 0 bridgehead atoms. The maximum absolute atomic E-state index is 5.64. The Kier molecular flexibility index (Phi) is 3.27. The topological polar surface area (TPSA) is 56.3 Å². The first-order chi connectivity index (χ1) is 8.92. The zero-order valence-electron chi connectivity index (χ0n) is 9.76. The third-order valence-electron chi connectivity index (χ3n) is 2.63. The van der Waals surface area contributed by atoms with Gasteiger partial charge in [0.1, 0.15) is 0 Å². The SMILES string of the molecule is c1cc2c(cc1NCc1csnn1)OCCCO2. The fourth-order valence-electron chi connectivity index (χ4n) is 1.73. The first-order valence-corrected chi connectivity index (χ1v) is 6.65. The normalized spacial score (nSPS) is 14.0. The molecule has 0 saturated carbocycles. The molecular weight excluding hydrogens is 250 g/mol. The molecule has 6 heteroatoms. The predicted octanol–water partition coefficient (Wildman–Crippen LogP) is 2.31. The molecule has 0 amide bonds. The molecule has 0 spiro atoms. The van der Waals surface area contributed by atoms with Crippen molar-refractivity contribution in [1.29, 1.82) is 0 Å². The summed E-state index contributed by atoms with van der Waals surface area (Å²) >= 11 is 1.35. The lowest BCUT2D eigenvalue weighted by atomic mass is 10.2. The van der Waals surface area contributed by atoms with Crippen LogP contribution in [0.25, 0.3) is 0 Å². The molecule has 5 nitrogen and oxygen atoms in total. The Balaban J connectivity index is 1.71. The predicted molar refractivity (Wildman–Crippen MR) is 69.3 cm³/mol. The number of hydrogen-bond donors (Lipinski definition) is 1. The summed E-state index contributed by atoms with van der Waals surface area (Å²) in [7, 11) is 0. The summed E-state index contributed by atoms with van der Waals surface area (Å²) in [6, 6.07) is 5.87. The highest BCUT2D eigenvalue weighted by molar-refractivity contribution is 7.03. The molecule has 94 valence electrons. The van der Waals surface area contributed by atoms with E-state index in [9.17, 15) is 0 Å². The highest BCUT2D eigenvalue weighted by Gasteiger charge is 2.10. The quantitative estimate of drug-likeness (QED) is 0.921. The first kappa shape index (κ1) is 11.3. The largest absolute Gasteiger partial charge is 0.490 e. The standard InChI is InChI=1S/C12H13N3O2S/c1-4-16-11-3-2-9(6-12(11)17-5-1)13-7-10-8-18-15-14-10/h2-3,6,8,13H,1,4-5,7H2. The van der Waals surface area contributed by atoms with Crippen molar-refractivity contribution in [3.8, 4) is 11.5 Å². The van der Waals surface area contributed by atoms with Gasteiger partial charge < -0.3 is 14.8 Å². The van der Waals surface area contributed by atoms with Crippen molar-refractivity contribution in [1.82, 2.24) is 9.59 Å². The van der Waals surface area contributed by atoms with Gasteiger partial charge in [-0.3, -0.25) is 0 Å². The van der Waals surface area contributed by atoms with Gasteiger partial charge in [-0.25, -0.2) is 0 Å². The molecule has 0 atom stereocenters. The Morgan fingerprint density at radius 3 is 2.94 bits per heavy atom. The van der Waals surface area contributed by atoms with E-state index in [1.165, 1.54) is 11.5 Å². The second-order valence-electron chi connectivity index (χ2n) is 3.96. The number of benzene rings is 1. The molecule has 2 aromatic rings. The molecule has 0 aliphatic carbocycles. The number of rotatable bonds is 3. The summed E-state index contributed by atoms with van der Waals surface area (Å²) in [5.74, 6) is 1.61. The minimum atomic E-state index is 0.663. The van der Waals surface area contributed by atoms with Crippen LogP contribution in [-0.4, -0.2) is 22.8 Å². The molecule has 3 rings (SSSR count). The molecule has 0 fully saturated rings. The van der Waals surface area contributed by atoms with Crippen LogP contribution in [0, 0.1) is 0 Å². The summed E-state index contributed by atoms with van der Waals surface area (Å²) in [6.07, 6.45) is 0.919. The number of nitrogens with zero attached hydrogens (tertiary/aromatic N) is 2. The van der Waals surface area contributed by atoms with Crippen molar-refractivity contribution in [3.63, 3.8) is 0 Å². The molecule has 1 N–H and O–H groups in total. The first-order valence-electron chi connectivity index (χ1n) is 5.81. The van der Waals surface area contributed by atoms with E-state index in [0.717, 1.165) is 29.3 Å². The van der Waals surface area contributed by atoms with E-state index in [1.807, 2.05) is 23.6 Å². The summed E-state index contributed by atoms with van der Waals surface area (Å²) in [6.45, 7) is 2.08. The lowest BCUT2D eigenvalue weighted by molar-refractivity contribution is 0.297. The molecule has 0 unspecified atom stereocenters. The van der Waals surface area contributed by atoms with Crippen LogP contribution in [0.2, 0.25) is 0 Å². The van der Waals surface area contributed by atoms with Crippen molar-refractivity contribution in [2.24, 2.45) is 0 Å².